The van der Waals surface area contributed by atoms with Crippen molar-refractivity contribution in [1.82, 2.24) is 5.16 Å². The van der Waals surface area contributed by atoms with Crippen LogP contribution in [-0.4, -0.2) is 17.7 Å². The third-order valence-corrected chi connectivity index (χ3v) is 1.90. The molecule has 0 aromatic heterocycles. The van der Waals surface area contributed by atoms with E-state index in [9.17, 15) is 4.79 Å². The lowest BCUT2D eigenvalue weighted by Gasteiger charge is -2.03. The summed E-state index contributed by atoms with van der Waals surface area (Å²) in [6.45, 7) is 2.08. The smallest absolute Gasteiger partial charge is 0.361 e. The highest BCUT2D eigenvalue weighted by molar-refractivity contribution is 5.95. The van der Waals surface area contributed by atoms with Gasteiger partial charge in [0, 0.05) is 11.1 Å². The van der Waals surface area contributed by atoms with Crippen LogP contribution >= 0.6 is 0 Å². The number of ether oxygens (including phenoxy) is 1. The van der Waals surface area contributed by atoms with Gasteiger partial charge in [0.1, 0.15) is 6.26 Å². The molecule has 0 aromatic rings. The maximum Gasteiger partial charge on any atom is 0.361 e. The zero-order valence-corrected chi connectivity index (χ0v) is 7.69. The molecule has 0 unspecified atom stereocenters. The van der Waals surface area contributed by atoms with Gasteiger partial charge < -0.3 is 9.26 Å². The molecule has 14 heavy (non-hydrogen) atoms. The summed E-state index contributed by atoms with van der Waals surface area (Å²) >= 11 is 0. The molecule has 0 atom stereocenters. The summed E-state index contributed by atoms with van der Waals surface area (Å²) in [6.07, 6.45) is 1.50. The van der Waals surface area contributed by atoms with E-state index in [0.717, 1.165) is 11.1 Å². The Morgan fingerprint density at radius 3 is 3.21 bits per heavy atom. The normalized spacial score (nSPS) is 10.4. The van der Waals surface area contributed by atoms with E-state index in [2.05, 4.69) is 5.16 Å². The van der Waals surface area contributed by atoms with Crippen LogP contribution in [0.3, 0.4) is 0 Å². The number of hydrogen-bond acceptors (Lipinski definition) is 4. The van der Waals surface area contributed by atoms with Gasteiger partial charge in [-0.05, 0) is 6.92 Å². The first kappa shape index (κ1) is 8.74. The van der Waals surface area contributed by atoms with Crippen LogP contribution in [0.25, 0.3) is 11.1 Å². The Kier molecular flexibility index (Phi) is 2.18. The molecular weight excluding hydrogens is 182 g/mol. The summed E-state index contributed by atoms with van der Waals surface area (Å²) in [6, 6.07) is 5.50. The third-order valence-electron chi connectivity index (χ3n) is 1.90. The Morgan fingerprint density at radius 1 is 1.57 bits per heavy atom. The van der Waals surface area contributed by atoms with Crippen molar-refractivity contribution in [2.24, 2.45) is 0 Å². The van der Waals surface area contributed by atoms with E-state index in [-0.39, 0.29) is 5.69 Å². The summed E-state index contributed by atoms with van der Waals surface area (Å²) in [7, 11) is 0. The van der Waals surface area contributed by atoms with Gasteiger partial charge in [0.2, 0.25) is 0 Å². The van der Waals surface area contributed by atoms with Crippen LogP contribution in [-0.2, 0) is 4.74 Å². The summed E-state index contributed by atoms with van der Waals surface area (Å²) in [4.78, 5) is 11.4. The molecule has 0 saturated heterocycles. The molecule has 0 amide bonds. The average molecular weight is 191 g/mol. The minimum absolute atomic E-state index is 0.231. The molecule has 0 saturated carbocycles. The van der Waals surface area contributed by atoms with Crippen LogP contribution in [0.15, 0.2) is 29.0 Å². The highest BCUT2D eigenvalue weighted by Crippen LogP contribution is 2.25. The van der Waals surface area contributed by atoms with Gasteiger partial charge >= 0.3 is 5.97 Å². The maximum atomic E-state index is 11.4. The maximum absolute atomic E-state index is 11.4. The highest BCUT2D eigenvalue weighted by Gasteiger charge is 2.18. The molecular formula is C10H9NO3. The van der Waals surface area contributed by atoms with Crippen LogP contribution in [0.2, 0.25) is 0 Å². The molecule has 72 valence electrons. The molecule has 2 rings (SSSR count). The molecule has 0 bridgehead atoms. The number of carbonyl (C=O) groups is 1. The van der Waals surface area contributed by atoms with E-state index >= 15 is 0 Å². The standard InChI is InChI=1S/C10H9NO3/c1-2-13-10(12)9-8-5-3-4-7(8)6-14-11-9/h3-6H,2H2,1H3. The molecule has 0 N–H and O–H groups in total. The van der Waals surface area contributed by atoms with Crippen molar-refractivity contribution >= 4 is 5.97 Å². The van der Waals surface area contributed by atoms with E-state index in [1.165, 1.54) is 6.26 Å². The van der Waals surface area contributed by atoms with Crippen molar-refractivity contribution in [2.75, 3.05) is 6.61 Å². The van der Waals surface area contributed by atoms with Gasteiger partial charge in [0.05, 0.1) is 6.61 Å². The second kappa shape index (κ2) is 3.49. The van der Waals surface area contributed by atoms with Crippen molar-refractivity contribution in [2.45, 2.75) is 6.92 Å². The average Bonchev–Trinajstić information content (AvgIpc) is 2.65. The van der Waals surface area contributed by atoms with Gasteiger partial charge in [-0.1, -0.05) is 23.4 Å². The van der Waals surface area contributed by atoms with Gasteiger partial charge in [-0.3, -0.25) is 0 Å². The summed E-state index contributed by atoms with van der Waals surface area (Å²) in [5.74, 6) is -0.451. The number of nitrogens with zero attached hydrogens (tertiary/aromatic N) is 1. The Balaban J connectivity index is 2.43. The number of aromatic nitrogens is 1. The lowest BCUT2D eigenvalue weighted by molar-refractivity contribution is 0.0511. The lowest BCUT2D eigenvalue weighted by atomic mass is 10.1. The van der Waals surface area contributed by atoms with Crippen LogP contribution in [0, 0.1) is 0 Å². The van der Waals surface area contributed by atoms with E-state index in [1.54, 1.807) is 6.92 Å². The molecule has 1 aliphatic carbocycles. The second-order valence-corrected chi connectivity index (χ2v) is 2.78. The Labute approximate surface area is 80.8 Å². The molecule has 1 heterocycles. The van der Waals surface area contributed by atoms with Crippen molar-refractivity contribution in [3.63, 3.8) is 0 Å². The summed E-state index contributed by atoms with van der Waals surface area (Å²) in [5.41, 5.74) is 1.84. The zero-order chi connectivity index (χ0) is 9.97. The van der Waals surface area contributed by atoms with Gasteiger partial charge in [-0.2, -0.15) is 0 Å². The van der Waals surface area contributed by atoms with Crippen molar-refractivity contribution in [1.29, 1.82) is 0 Å². The molecule has 0 aromatic carbocycles. The minimum atomic E-state index is -0.451. The lowest BCUT2D eigenvalue weighted by Crippen LogP contribution is -2.08. The first-order valence-electron chi connectivity index (χ1n) is 4.33. The second-order valence-electron chi connectivity index (χ2n) is 2.78. The molecule has 4 nitrogen and oxygen atoms in total. The fraction of sp³-hybridized carbons (Fsp3) is 0.200. The first-order chi connectivity index (χ1) is 6.83. The zero-order valence-electron chi connectivity index (χ0n) is 7.69. The van der Waals surface area contributed by atoms with Crippen LogP contribution in [0.4, 0.5) is 0 Å². The third kappa shape index (κ3) is 1.35. The summed E-state index contributed by atoms with van der Waals surface area (Å²) in [5, 5.41) is 3.65. The summed E-state index contributed by atoms with van der Waals surface area (Å²) < 4.78 is 9.64. The van der Waals surface area contributed by atoms with Gasteiger partial charge in [0.25, 0.3) is 0 Å². The van der Waals surface area contributed by atoms with Crippen molar-refractivity contribution in [3.8, 4) is 11.1 Å². The number of fused-ring (bicyclic) bond motifs is 1. The molecule has 2 aliphatic rings. The number of carbonyl (C=O) groups excluding carboxylic acids is 1. The number of rotatable bonds is 2. The molecule has 4 heteroatoms. The number of esters is 1. The van der Waals surface area contributed by atoms with Gasteiger partial charge in [-0.15, -0.1) is 0 Å². The van der Waals surface area contributed by atoms with Crippen molar-refractivity contribution < 1.29 is 14.1 Å². The molecule has 0 spiro atoms. The Bertz CT molecular complexity index is 421. The van der Waals surface area contributed by atoms with E-state index in [4.69, 9.17) is 9.26 Å². The fourth-order valence-electron chi connectivity index (χ4n) is 1.28. The van der Waals surface area contributed by atoms with Gasteiger partial charge in [-0.25, -0.2) is 4.79 Å². The van der Waals surface area contributed by atoms with E-state index < -0.39 is 5.97 Å². The fourth-order valence-corrected chi connectivity index (χ4v) is 1.28. The van der Waals surface area contributed by atoms with Gasteiger partial charge in [0.15, 0.2) is 5.69 Å². The van der Waals surface area contributed by atoms with Crippen LogP contribution in [0.5, 0.6) is 0 Å². The SMILES string of the molecule is CCOC(=O)c1nocc2cccc1-2. The predicted octanol–water partition coefficient (Wildman–Crippen LogP) is 1.96. The Morgan fingerprint density at radius 2 is 2.43 bits per heavy atom. The molecule has 1 aliphatic heterocycles. The van der Waals surface area contributed by atoms with Crippen LogP contribution < -0.4 is 0 Å². The largest absolute Gasteiger partial charge is 0.461 e. The topological polar surface area (TPSA) is 52.3 Å². The predicted molar refractivity (Wildman–Crippen MR) is 49.1 cm³/mol. The van der Waals surface area contributed by atoms with E-state index in [0.29, 0.717) is 6.61 Å². The Hall–Kier alpha value is -1.84. The number of hydrogen-bond donors (Lipinski definition) is 0. The molecule has 0 radical (unpaired) electrons. The van der Waals surface area contributed by atoms with E-state index in [1.807, 2.05) is 18.2 Å². The quantitative estimate of drug-likeness (QED) is 0.681. The van der Waals surface area contributed by atoms with Crippen molar-refractivity contribution in [3.05, 3.63) is 30.2 Å². The highest BCUT2D eigenvalue weighted by atomic mass is 16.5. The van der Waals surface area contributed by atoms with Crippen LogP contribution in [0.1, 0.15) is 17.4 Å². The first-order valence-corrected chi connectivity index (χ1v) is 4.33. The molecule has 0 fully saturated rings. The monoisotopic (exact) mass is 191 g/mol. The minimum Gasteiger partial charge on any atom is -0.461 e.